The molecule has 0 saturated carbocycles. The van der Waals surface area contributed by atoms with Crippen molar-refractivity contribution < 1.29 is 0 Å². The standard InChI is InChI=1S/C26H20S3/c1-17-3-7-19(8-4-17)27-21-11-13-25-23(15-21)24-16-22(12-14-26(24)29-25)28-20-9-5-18(2)6-10-20/h3-16H,1-2H3. The minimum Gasteiger partial charge on any atom is -0.135 e. The predicted octanol–water partition coefficient (Wildman–Crippen LogP) is 8.97. The fraction of sp³-hybridized carbons (Fsp3) is 0.0769. The van der Waals surface area contributed by atoms with Crippen molar-refractivity contribution in [3.63, 3.8) is 0 Å². The minimum absolute atomic E-state index is 1.28. The predicted molar refractivity (Wildman–Crippen MR) is 130 cm³/mol. The molecule has 3 heteroatoms. The third kappa shape index (κ3) is 4.09. The van der Waals surface area contributed by atoms with Crippen molar-refractivity contribution in [2.75, 3.05) is 0 Å². The third-order valence-corrected chi connectivity index (χ3v) is 8.07. The zero-order valence-corrected chi connectivity index (χ0v) is 18.8. The van der Waals surface area contributed by atoms with Crippen LogP contribution in [0.3, 0.4) is 0 Å². The average Bonchev–Trinajstić information content (AvgIpc) is 3.09. The molecule has 0 nitrogen and oxygen atoms in total. The van der Waals surface area contributed by atoms with E-state index >= 15 is 0 Å². The normalized spacial score (nSPS) is 11.4. The molecule has 0 amide bonds. The second kappa shape index (κ2) is 7.91. The molecule has 0 aliphatic heterocycles. The van der Waals surface area contributed by atoms with Crippen molar-refractivity contribution in [3.05, 3.63) is 96.1 Å². The largest absolute Gasteiger partial charge is 0.135 e. The van der Waals surface area contributed by atoms with Gasteiger partial charge in [0, 0.05) is 39.8 Å². The van der Waals surface area contributed by atoms with Crippen molar-refractivity contribution >= 4 is 55.0 Å². The molecular formula is C26H20S3. The Morgan fingerprint density at radius 3 is 1.28 bits per heavy atom. The number of hydrogen-bond donors (Lipinski definition) is 0. The fourth-order valence-electron chi connectivity index (χ4n) is 3.35. The van der Waals surface area contributed by atoms with Crippen LogP contribution in [0.4, 0.5) is 0 Å². The molecule has 5 aromatic rings. The molecule has 0 spiro atoms. The molecule has 0 aliphatic rings. The Labute approximate surface area is 184 Å². The van der Waals surface area contributed by atoms with Gasteiger partial charge in [0.25, 0.3) is 0 Å². The van der Waals surface area contributed by atoms with Gasteiger partial charge in [-0.2, -0.15) is 0 Å². The SMILES string of the molecule is Cc1ccc(Sc2ccc3sc4ccc(Sc5ccc(C)cc5)cc4c3c2)cc1. The van der Waals surface area contributed by atoms with E-state index in [0.29, 0.717) is 0 Å². The molecule has 0 aliphatic carbocycles. The fourth-order valence-corrected chi connectivity index (χ4v) is 6.13. The molecule has 5 rings (SSSR count). The van der Waals surface area contributed by atoms with Crippen LogP contribution in [0.1, 0.15) is 11.1 Å². The van der Waals surface area contributed by atoms with Gasteiger partial charge < -0.3 is 0 Å². The average molecular weight is 429 g/mol. The summed E-state index contributed by atoms with van der Waals surface area (Å²) in [7, 11) is 0. The first-order valence-electron chi connectivity index (χ1n) is 9.59. The molecule has 0 fully saturated rings. The van der Waals surface area contributed by atoms with Gasteiger partial charge in [0.2, 0.25) is 0 Å². The highest BCUT2D eigenvalue weighted by Gasteiger charge is 2.09. The van der Waals surface area contributed by atoms with Gasteiger partial charge in [-0.05, 0) is 74.5 Å². The topological polar surface area (TPSA) is 0 Å². The van der Waals surface area contributed by atoms with E-state index in [1.807, 2.05) is 34.9 Å². The molecule has 0 N–H and O–H groups in total. The van der Waals surface area contributed by atoms with Crippen LogP contribution in [0.5, 0.6) is 0 Å². The molecule has 0 unspecified atom stereocenters. The Morgan fingerprint density at radius 2 is 0.862 bits per heavy atom. The first-order chi connectivity index (χ1) is 14.1. The summed E-state index contributed by atoms with van der Waals surface area (Å²) in [5.41, 5.74) is 2.60. The van der Waals surface area contributed by atoms with Crippen LogP contribution >= 0.6 is 34.9 Å². The first kappa shape index (κ1) is 18.8. The lowest BCUT2D eigenvalue weighted by molar-refractivity contribution is 1.36. The van der Waals surface area contributed by atoms with E-state index < -0.39 is 0 Å². The summed E-state index contributed by atoms with van der Waals surface area (Å²) in [4.78, 5) is 5.14. The molecule has 0 atom stereocenters. The number of benzene rings is 4. The Kier molecular flexibility index (Phi) is 5.13. The van der Waals surface area contributed by atoms with Gasteiger partial charge in [0.05, 0.1) is 0 Å². The maximum absolute atomic E-state index is 2.35. The number of hydrogen-bond acceptors (Lipinski definition) is 3. The minimum atomic E-state index is 1.28. The van der Waals surface area contributed by atoms with Gasteiger partial charge in [-0.15, -0.1) is 11.3 Å². The Balaban J connectivity index is 1.50. The summed E-state index contributed by atoms with van der Waals surface area (Å²) in [6.45, 7) is 4.26. The van der Waals surface area contributed by atoms with Crippen LogP contribution in [0.15, 0.2) is 105 Å². The maximum atomic E-state index is 2.35. The molecule has 0 radical (unpaired) electrons. The number of aryl methyl sites for hydroxylation is 2. The summed E-state index contributed by atoms with van der Waals surface area (Å²) < 4.78 is 2.71. The van der Waals surface area contributed by atoms with Crippen molar-refractivity contribution in [1.29, 1.82) is 0 Å². The lowest BCUT2D eigenvalue weighted by Gasteiger charge is -2.04. The molecule has 29 heavy (non-hydrogen) atoms. The van der Waals surface area contributed by atoms with E-state index in [0.717, 1.165) is 0 Å². The summed E-state index contributed by atoms with van der Waals surface area (Å²) in [5.74, 6) is 0. The monoisotopic (exact) mass is 428 g/mol. The smallest absolute Gasteiger partial charge is 0.0356 e. The van der Waals surface area contributed by atoms with Gasteiger partial charge in [-0.25, -0.2) is 0 Å². The molecule has 1 aromatic heterocycles. The Morgan fingerprint density at radius 1 is 0.483 bits per heavy atom. The Hall–Kier alpha value is -2.20. The summed E-state index contributed by atoms with van der Waals surface area (Å²) >= 11 is 5.54. The van der Waals surface area contributed by atoms with Crippen molar-refractivity contribution in [3.8, 4) is 0 Å². The number of thiophene rings is 1. The van der Waals surface area contributed by atoms with Crippen molar-refractivity contribution in [1.82, 2.24) is 0 Å². The lowest BCUT2D eigenvalue weighted by Crippen LogP contribution is -1.77. The maximum Gasteiger partial charge on any atom is 0.0356 e. The zero-order valence-electron chi connectivity index (χ0n) is 16.3. The highest BCUT2D eigenvalue weighted by atomic mass is 32.2. The first-order valence-corrected chi connectivity index (χ1v) is 12.0. The van der Waals surface area contributed by atoms with Gasteiger partial charge >= 0.3 is 0 Å². The molecule has 142 valence electrons. The molecule has 0 bridgehead atoms. The summed E-state index contributed by atoms with van der Waals surface area (Å²) in [6, 6.07) is 31.2. The van der Waals surface area contributed by atoms with Crippen LogP contribution in [0, 0.1) is 13.8 Å². The Bertz CT molecular complexity index is 1190. The van der Waals surface area contributed by atoms with Crippen molar-refractivity contribution in [2.24, 2.45) is 0 Å². The number of fused-ring (bicyclic) bond motifs is 3. The van der Waals surface area contributed by atoms with E-state index in [9.17, 15) is 0 Å². The lowest BCUT2D eigenvalue weighted by atomic mass is 10.1. The van der Waals surface area contributed by atoms with Crippen LogP contribution in [0.2, 0.25) is 0 Å². The number of rotatable bonds is 4. The van der Waals surface area contributed by atoms with E-state index in [2.05, 4.69) is 98.8 Å². The van der Waals surface area contributed by atoms with E-state index in [1.165, 1.54) is 50.9 Å². The highest BCUT2D eigenvalue weighted by Crippen LogP contribution is 2.40. The zero-order chi connectivity index (χ0) is 19.8. The van der Waals surface area contributed by atoms with E-state index in [1.54, 1.807) is 0 Å². The van der Waals surface area contributed by atoms with Crippen LogP contribution in [0.25, 0.3) is 20.2 Å². The van der Waals surface area contributed by atoms with Crippen molar-refractivity contribution in [2.45, 2.75) is 33.4 Å². The molecule has 1 heterocycles. The van der Waals surface area contributed by atoms with Gasteiger partial charge in [-0.3, -0.25) is 0 Å². The summed E-state index contributed by atoms with van der Waals surface area (Å²) in [5, 5.41) is 2.71. The second-order valence-corrected chi connectivity index (χ2v) is 10.6. The molecular weight excluding hydrogens is 408 g/mol. The quantitative estimate of drug-likeness (QED) is 0.280. The van der Waals surface area contributed by atoms with Gasteiger partial charge in [0.15, 0.2) is 0 Å². The second-order valence-electron chi connectivity index (χ2n) is 7.25. The van der Waals surface area contributed by atoms with Crippen LogP contribution < -0.4 is 0 Å². The summed E-state index contributed by atoms with van der Waals surface area (Å²) in [6.07, 6.45) is 0. The van der Waals surface area contributed by atoms with E-state index in [-0.39, 0.29) is 0 Å². The highest BCUT2D eigenvalue weighted by molar-refractivity contribution is 7.99. The van der Waals surface area contributed by atoms with Crippen LogP contribution in [-0.4, -0.2) is 0 Å². The molecule has 4 aromatic carbocycles. The van der Waals surface area contributed by atoms with E-state index in [4.69, 9.17) is 0 Å². The molecule has 0 saturated heterocycles. The van der Waals surface area contributed by atoms with Gasteiger partial charge in [-0.1, -0.05) is 58.9 Å². The van der Waals surface area contributed by atoms with Gasteiger partial charge in [0.1, 0.15) is 0 Å². The van der Waals surface area contributed by atoms with Crippen LogP contribution in [-0.2, 0) is 0 Å². The third-order valence-electron chi connectivity index (χ3n) is 4.93.